The smallest absolute Gasteiger partial charge is 0.238 e. The molecule has 0 aliphatic carbocycles. The second-order valence-corrected chi connectivity index (χ2v) is 12.6. The summed E-state index contributed by atoms with van der Waals surface area (Å²) in [5.74, 6) is 0. The molecule has 0 unspecified atom stereocenters. The SMILES string of the molecule is Cc1cc(C)c(N2C=CN(c3c(C)cc(C)cc3C)P2n2nc(-c3ccccc3)cc2-c2ccccc2)c(C)c1. The van der Waals surface area contributed by atoms with Crippen LogP contribution in [0.3, 0.4) is 0 Å². The van der Waals surface area contributed by atoms with Gasteiger partial charge in [0, 0.05) is 23.5 Å². The van der Waals surface area contributed by atoms with Gasteiger partial charge in [0.1, 0.15) is 0 Å². The largest absolute Gasteiger partial charge is 0.289 e. The highest BCUT2D eigenvalue weighted by Gasteiger charge is 2.37. The maximum atomic E-state index is 5.37. The molecular formula is C35H35N4P. The number of rotatable bonds is 5. The third kappa shape index (κ3) is 4.63. The lowest BCUT2D eigenvalue weighted by Gasteiger charge is -2.35. The predicted octanol–water partition coefficient (Wildman–Crippen LogP) is 9.64. The fourth-order valence-corrected chi connectivity index (χ4v) is 8.45. The quantitative estimate of drug-likeness (QED) is 0.207. The summed E-state index contributed by atoms with van der Waals surface area (Å²) in [7, 11) is -1.16. The van der Waals surface area contributed by atoms with Crippen molar-refractivity contribution in [2.75, 3.05) is 9.34 Å². The zero-order chi connectivity index (χ0) is 28.0. The molecule has 0 N–H and O–H groups in total. The molecule has 0 saturated heterocycles. The van der Waals surface area contributed by atoms with Crippen LogP contribution in [0.15, 0.2) is 103 Å². The summed E-state index contributed by atoms with van der Waals surface area (Å²) in [6, 6.07) is 32.5. The Morgan fingerprint density at radius 3 is 1.40 bits per heavy atom. The van der Waals surface area contributed by atoms with Gasteiger partial charge in [0.2, 0.25) is 8.37 Å². The van der Waals surface area contributed by atoms with Crippen LogP contribution in [-0.2, 0) is 0 Å². The highest BCUT2D eigenvalue weighted by atomic mass is 31.2. The molecule has 1 aromatic heterocycles. The molecule has 1 aliphatic heterocycles. The number of aromatic nitrogens is 2. The summed E-state index contributed by atoms with van der Waals surface area (Å²) in [6.07, 6.45) is 4.49. The first-order chi connectivity index (χ1) is 19.3. The molecule has 0 saturated carbocycles. The van der Waals surface area contributed by atoms with Crippen molar-refractivity contribution in [1.82, 2.24) is 9.55 Å². The third-order valence-corrected chi connectivity index (χ3v) is 9.54. The van der Waals surface area contributed by atoms with Crippen molar-refractivity contribution in [2.45, 2.75) is 41.5 Å². The second kappa shape index (κ2) is 10.4. The molecule has 0 fully saturated rings. The van der Waals surface area contributed by atoms with Crippen molar-refractivity contribution < 1.29 is 0 Å². The summed E-state index contributed by atoms with van der Waals surface area (Å²) in [6.45, 7) is 13.2. The number of aryl methyl sites for hydroxylation is 6. The Labute approximate surface area is 239 Å². The van der Waals surface area contributed by atoms with Crippen LogP contribution in [0.5, 0.6) is 0 Å². The molecule has 40 heavy (non-hydrogen) atoms. The van der Waals surface area contributed by atoms with E-state index in [1.807, 2.05) is 0 Å². The van der Waals surface area contributed by atoms with Gasteiger partial charge in [-0.25, -0.2) is 4.45 Å². The molecule has 6 rings (SSSR count). The van der Waals surface area contributed by atoms with Crippen molar-refractivity contribution >= 4 is 19.7 Å². The molecule has 5 aromatic rings. The van der Waals surface area contributed by atoms with Gasteiger partial charge in [0.15, 0.2) is 0 Å². The number of hydrogen-bond acceptors (Lipinski definition) is 3. The van der Waals surface area contributed by atoms with Gasteiger partial charge in [-0.1, -0.05) is 96.1 Å². The van der Waals surface area contributed by atoms with E-state index in [4.69, 9.17) is 5.10 Å². The van der Waals surface area contributed by atoms with Crippen LogP contribution in [0.25, 0.3) is 22.5 Å². The molecule has 200 valence electrons. The van der Waals surface area contributed by atoms with Crippen molar-refractivity contribution in [1.29, 1.82) is 0 Å². The Balaban J connectivity index is 1.62. The first-order valence-corrected chi connectivity index (χ1v) is 15.0. The fraction of sp³-hybridized carbons (Fsp3) is 0.171. The Morgan fingerprint density at radius 1 is 0.525 bits per heavy atom. The summed E-state index contributed by atoms with van der Waals surface area (Å²) in [4.78, 5) is 0. The number of benzene rings is 4. The van der Waals surface area contributed by atoms with Gasteiger partial charge < -0.3 is 0 Å². The number of nitrogens with zero attached hydrogens (tertiary/aromatic N) is 4. The highest BCUT2D eigenvalue weighted by molar-refractivity contribution is 7.60. The van der Waals surface area contributed by atoms with E-state index in [2.05, 4.69) is 159 Å². The second-order valence-electron chi connectivity index (χ2n) is 10.8. The van der Waals surface area contributed by atoms with Gasteiger partial charge >= 0.3 is 0 Å². The van der Waals surface area contributed by atoms with Gasteiger partial charge in [-0.2, -0.15) is 5.10 Å². The average molecular weight is 543 g/mol. The molecule has 1 aliphatic rings. The van der Waals surface area contributed by atoms with E-state index in [-0.39, 0.29) is 0 Å². The summed E-state index contributed by atoms with van der Waals surface area (Å²) in [5.41, 5.74) is 14.5. The molecule has 0 bridgehead atoms. The minimum absolute atomic E-state index is 0.975. The van der Waals surface area contributed by atoms with Crippen molar-refractivity contribution in [3.63, 3.8) is 0 Å². The lowest BCUT2D eigenvalue weighted by Crippen LogP contribution is -2.23. The van der Waals surface area contributed by atoms with Crippen molar-refractivity contribution in [3.8, 4) is 22.5 Å². The minimum atomic E-state index is -1.16. The van der Waals surface area contributed by atoms with Crippen molar-refractivity contribution in [3.05, 3.63) is 137 Å². The molecule has 0 spiro atoms. The zero-order valence-corrected chi connectivity index (χ0v) is 24.9. The maximum Gasteiger partial charge on any atom is 0.238 e. The average Bonchev–Trinajstić information content (AvgIpc) is 3.53. The van der Waals surface area contributed by atoms with E-state index in [9.17, 15) is 0 Å². The van der Waals surface area contributed by atoms with Crippen LogP contribution in [0, 0.1) is 41.5 Å². The Bertz CT molecular complexity index is 1610. The monoisotopic (exact) mass is 542 g/mol. The molecule has 0 radical (unpaired) electrons. The Hall–Kier alpha value is -4.14. The van der Waals surface area contributed by atoms with Crippen LogP contribution in [0.4, 0.5) is 11.4 Å². The molecule has 5 heteroatoms. The molecule has 2 heterocycles. The van der Waals surface area contributed by atoms with Crippen LogP contribution in [0.2, 0.25) is 0 Å². The summed E-state index contributed by atoms with van der Waals surface area (Å²) < 4.78 is 7.17. The van der Waals surface area contributed by atoms with Gasteiger partial charge in [0.05, 0.1) is 22.8 Å². The topological polar surface area (TPSA) is 24.3 Å². The molecule has 4 nitrogen and oxygen atoms in total. The molecule has 0 atom stereocenters. The van der Waals surface area contributed by atoms with Crippen LogP contribution in [0.1, 0.15) is 33.4 Å². The van der Waals surface area contributed by atoms with Gasteiger partial charge in [-0.15, -0.1) is 0 Å². The van der Waals surface area contributed by atoms with Gasteiger partial charge in [0.25, 0.3) is 0 Å². The van der Waals surface area contributed by atoms with Gasteiger partial charge in [-0.3, -0.25) is 9.34 Å². The highest BCUT2D eigenvalue weighted by Crippen LogP contribution is 2.58. The number of anilines is 2. The van der Waals surface area contributed by atoms with Crippen LogP contribution < -0.4 is 9.34 Å². The lowest BCUT2D eigenvalue weighted by atomic mass is 10.1. The fourth-order valence-electron chi connectivity index (χ4n) is 5.99. The van der Waals surface area contributed by atoms with E-state index >= 15 is 0 Å². The normalized spacial score (nSPS) is 13.4. The predicted molar refractivity (Wildman–Crippen MR) is 171 cm³/mol. The zero-order valence-electron chi connectivity index (χ0n) is 24.1. The van der Waals surface area contributed by atoms with Gasteiger partial charge in [-0.05, 0) is 69.9 Å². The first kappa shape index (κ1) is 26.1. The van der Waals surface area contributed by atoms with Crippen molar-refractivity contribution in [2.24, 2.45) is 0 Å². The Morgan fingerprint density at radius 2 is 0.950 bits per heavy atom. The standard InChI is InChI=1S/C35H35N4P/c1-24-19-26(3)34(27(4)20-24)37-17-18-38(35-28(5)21-25(2)22-29(35)6)40(37)39-33(31-15-11-8-12-16-31)23-32(36-39)30-13-9-7-10-14-30/h7-23H,1-6H3. The first-order valence-electron chi connectivity index (χ1n) is 13.8. The van der Waals surface area contributed by atoms with E-state index in [0.717, 1.165) is 22.5 Å². The molecule has 0 amide bonds. The van der Waals surface area contributed by atoms with E-state index in [1.54, 1.807) is 0 Å². The minimum Gasteiger partial charge on any atom is -0.289 e. The molecule has 4 aromatic carbocycles. The summed E-state index contributed by atoms with van der Waals surface area (Å²) >= 11 is 0. The van der Waals surface area contributed by atoms with Crippen LogP contribution in [-0.4, -0.2) is 9.55 Å². The third-order valence-electron chi connectivity index (χ3n) is 7.46. The summed E-state index contributed by atoms with van der Waals surface area (Å²) in [5, 5.41) is 5.37. The van der Waals surface area contributed by atoms with E-state index < -0.39 is 8.37 Å². The lowest BCUT2D eigenvalue weighted by molar-refractivity contribution is 0.984. The van der Waals surface area contributed by atoms with E-state index in [1.165, 1.54) is 44.8 Å². The van der Waals surface area contributed by atoms with E-state index in [0.29, 0.717) is 0 Å². The Kier molecular flexibility index (Phi) is 6.82. The number of hydrogen-bond donors (Lipinski definition) is 0. The van der Waals surface area contributed by atoms with Crippen LogP contribution >= 0.6 is 8.37 Å². The molecular weight excluding hydrogens is 507 g/mol. The maximum absolute atomic E-state index is 5.37.